The summed E-state index contributed by atoms with van der Waals surface area (Å²) in [4.78, 5) is 48.0. The number of hydrogen-bond acceptors (Lipinski definition) is 8. The van der Waals surface area contributed by atoms with E-state index in [9.17, 15) is 14.4 Å². The summed E-state index contributed by atoms with van der Waals surface area (Å²) in [6.07, 6.45) is 6.07. The van der Waals surface area contributed by atoms with Crippen LogP contribution in [0, 0.1) is 5.92 Å². The number of allylic oxidation sites excluding steroid dienone is 1. The van der Waals surface area contributed by atoms with Crippen molar-refractivity contribution < 1.29 is 28.6 Å². The quantitative estimate of drug-likeness (QED) is 0.261. The van der Waals surface area contributed by atoms with Gasteiger partial charge in [0.2, 0.25) is 0 Å². The third kappa shape index (κ3) is 9.36. The fourth-order valence-corrected chi connectivity index (χ4v) is 3.27. The molecule has 2 aromatic heterocycles. The average molecular weight is 515 g/mol. The zero-order valence-electron chi connectivity index (χ0n) is 23.0. The molecule has 1 atom stereocenters. The fourth-order valence-electron chi connectivity index (χ4n) is 3.27. The lowest BCUT2D eigenvalue weighted by Gasteiger charge is -2.30. The molecule has 0 radical (unpaired) electrons. The minimum Gasteiger partial charge on any atom is -0.465 e. The molecule has 37 heavy (non-hydrogen) atoms. The average Bonchev–Trinajstić information content (AvgIpc) is 3.29. The highest BCUT2D eigenvalue weighted by Crippen LogP contribution is 2.22. The first-order valence-corrected chi connectivity index (χ1v) is 12.2. The Morgan fingerprint density at radius 3 is 2.14 bits per heavy atom. The molecule has 0 aliphatic carbocycles. The first-order valence-electron chi connectivity index (χ1n) is 12.2. The van der Waals surface area contributed by atoms with E-state index in [1.807, 2.05) is 25.1 Å². The van der Waals surface area contributed by atoms with Crippen LogP contribution in [0.1, 0.15) is 67.0 Å². The number of hydrogen-bond donors (Lipinski definition) is 0. The second-order valence-corrected chi connectivity index (χ2v) is 10.5. The molecule has 2 heterocycles. The lowest BCUT2D eigenvalue weighted by molar-refractivity contribution is -0.133. The lowest BCUT2D eigenvalue weighted by atomic mass is 9.99. The van der Waals surface area contributed by atoms with E-state index in [1.165, 1.54) is 7.11 Å². The summed E-state index contributed by atoms with van der Waals surface area (Å²) in [7, 11) is 1.30. The van der Waals surface area contributed by atoms with Crippen molar-refractivity contribution in [2.75, 3.05) is 13.7 Å². The molecular formula is C27H38N4O6. The second kappa shape index (κ2) is 12.5. The van der Waals surface area contributed by atoms with Crippen molar-refractivity contribution in [3.05, 3.63) is 48.7 Å². The Bertz CT molecular complexity index is 1070. The Hall–Kier alpha value is -3.69. The predicted octanol–water partition coefficient (Wildman–Crippen LogP) is 5.41. The molecular weight excluding hydrogens is 476 g/mol. The van der Waals surface area contributed by atoms with Crippen LogP contribution in [0.2, 0.25) is 0 Å². The Balaban J connectivity index is 2.29. The molecule has 2 rings (SSSR count). The van der Waals surface area contributed by atoms with Gasteiger partial charge in [-0.3, -0.25) is 4.57 Å². The van der Waals surface area contributed by atoms with E-state index in [1.54, 1.807) is 70.9 Å². The monoisotopic (exact) mass is 514 g/mol. The van der Waals surface area contributed by atoms with Crippen molar-refractivity contribution in [3.8, 4) is 5.82 Å². The van der Waals surface area contributed by atoms with Crippen LogP contribution in [0.4, 0.5) is 9.59 Å². The maximum Gasteiger partial charge on any atom is 0.419 e. The number of rotatable bonds is 8. The Morgan fingerprint density at radius 2 is 1.65 bits per heavy atom. The summed E-state index contributed by atoms with van der Waals surface area (Å²) in [5, 5.41) is 0. The van der Waals surface area contributed by atoms with Gasteiger partial charge in [-0.2, -0.15) is 0 Å². The molecule has 0 aliphatic heterocycles. The molecule has 202 valence electrons. The van der Waals surface area contributed by atoms with Crippen LogP contribution < -0.4 is 0 Å². The van der Waals surface area contributed by atoms with E-state index in [0.717, 1.165) is 4.90 Å². The maximum absolute atomic E-state index is 12.9. The van der Waals surface area contributed by atoms with E-state index < -0.39 is 29.4 Å². The highest BCUT2D eigenvalue weighted by molar-refractivity contribution is 6.15. The third-order valence-corrected chi connectivity index (χ3v) is 5.08. The van der Waals surface area contributed by atoms with Crippen LogP contribution in [-0.2, 0) is 19.0 Å². The minimum atomic E-state index is -0.788. The van der Waals surface area contributed by atoms with Crippen molar-refractivity contribution in [3.63, 3.8) is 0 Å². The van der Waals surface area contributed by atoms with Crippen LogP contribution in [0.15, 0.2) is 43.0 Å². The summed E-state index contributed by atoms with van der Waals surface area (Å²) < 4.78 is 17.6. The summed E-state index contributed by atoms with van der Waals surface area (Å²) in [5.74, 6) is -0.0721. The van der Waals surface area contributed by atoms with Gasteiger partial charge in [-0.05, 0) is 66.0 Å². The van der Waals surface area contributed by atoms with Crippen LogP contribution >= 0.6 is 0 Å². The van der Waals surface area contributed by atoms with Crippen molar-refractivity contribution in [2.24, 2.45) is 5.92 Å². The van der Waals surface area contributed by atoms with Gasteiger partial charge in [-0.1, -0.05) is 25.5 Å². The van der Waals surface area contributed by atoms with E-state index in [0.29, 0.717) is 24.4 Å². The van der Waals surface area contributed by atoms with Crippen molar-refractivity contribution >= 4 is 23.7 Å². The number of esters is 1. The molecule has 2 aromatic rings. The van der Waals surface area contributed by atoms with Gasteiger partial charge < -0.3 is 14.2 Å². The number of nitrogens with zero attached hydrogens (tertiary/aromatic N) is 4. The van der Waals surface area contributed by atoms with Crippen LogP contribution in [-0.4, -0.2) is 62.4 Å². The number of aromatic nitrogens is 3. The highest BCUT2D eigenvalue weighted by Gasteiger charge is 2.32. The molecule has 0 spiro atoms. The van der Waals surface area contributed by atoms with Crippen LogP contribution in [0.3, 0.4) is 0 Å². The second-order valence-electron chi connectivity index (χ2n) is 10.5. The molecule has 0 fully saturated rings. The molecule has 0 N–H and O–H groups in total. The van der Waals surface area contributed by atoms with Crippen LogP contribution in [0.5, 0.6) is 0 Å². The molecule has 0 bridgehead atoms. The van der Waals surface area contributed by atoms with Gasteiger partial charge in [0.15, 0.2) is 0 Å². The molecule has 0 saturated heterocycles. The summed E-state index contributed by atoms with van der Waals surface area (Å²) in [6.45, 7) is 12.4. The number of pyridine rings is 1. The third-order valence-electron chi connectivity index (χ3n) is 5.08. The van der Waals surface area contributed by atoms with E-state index in [-0.39, 0.29) is 18.0 Å². The van der Waals surface area contributed by atoms with Gasteiger partial charge in [0, 0.05) is 18.9 Å². The molecule has 10 heteroatoms. The Morgan fingerprint density at radius 1 is 1.03 bits per heavy atom. The lowest BCUT2D eigenvalue weighted by Crippen LogP contribution is -2.45. The first kappa shape index (κ1) is 29.5. The van der Waals surface area contributed by atoms with E-state index >= 15 is 0 Å². The van der Waals surface area contributed by atoms with E-state index in [2.05, 4.69) is 9.97 Å². The standard InChI is InChI=1S/C27H38N4O6/c1-9-19(16-31(24(33)36-26(2,3)4)25(34)37-27(5,6)7)13-14-20(23(32)35-8)21-17-30(18-29-21)22-12-10-11-15-28-22/h10-12,14-15,17-19H,9,13,16H2,1-8H3/b20-14-/t19-/m1/s1. The van der Waals surface area contributed by atoms with Crippen molar-refractivity contribution in [2.45, 2.75) is 72.5 Å². The van der Waals surface area contributed by atoms with Gasteiger partial charge in [-0.15, -0.1) is 0 Å². The van der Waals surface area contributed by atoms with Crippen molar-refractivity contribution in [1.29, 1.82) is 0 Å². The van der Waals surface area contributed by atoms with Gasteiger partial charge in [0.05, 0.1) is 18.4 Å². The normalized spacial score (nSPS) is 13.0. The Kier molecular flexibility index (Phi) is 9.99. The van der Waals surface area contributed by atoms with Crippen molar-refractivity contribution in [1.82, 2.24) is 19.4 Å². The Labute approximate surface area is 218 Å². The number of imide groups is 1. The summed E-state index contributed by atoms with van der Waals surface area (Å²) in [5.41, 5.74) is -0.882. The van der Waals surface area contributed by atoms with Gasteiger partial charge in [0.25, 0.3) is 0 Å². The number of amides is 2. The van der Waals surface area contributed by atoms with Crippen LogP contribution in [0.25, 0.3) is 11.4 Å². The number of carbonyl (C=O) groups is 3. The highest BCUT2D eigenvalue weighted by atomic mass is 16.6. The van der Waals surface area contributed by atoms with Gasteiger partial charge >= 0.3 is 18.2 Å². The largest absolute Gasteiger partial charge is 0.465 e. The number of ether oxygens (including phenoxy) is 3. The summed E-state index contributed by atoms with van der Waals surface area (Å²) in [6, 6.07) is 5.48. The zero-order chi connectivity index (χ0) is 27.8. The maximum atomic E-state index is 12.9. The van der Waals surface area contributed by atoms with Gasteiger partial charge in [-0.25, -0.2) is 29.3 Å². The molecule has 10 nitrogen and oxygen atoms in total. The van der Waals surface area contributed by atoms with Gasteiger partial charge in [0.1, 0.15) is 23.3 Å². The topological polar surface area (TPSA) is 113 Å². The number of imidazole rings is 1. The number of methoxy groups -OCH3 is 1. The molecule has 2 amide bonds. The molecule has 0 aromatic carbocycles. The first-order chi connectivity index (χ1) is 17.2. The molecule has 0 aliphatic rings. The fraction of sp³-hybridized carbons (Fsp3) is 0.519. The van der Waals surface area contributed by atoms with E-state index in [4.69, 9.17) is 14.2 Å². The minimum absolute atomic E-state index is 0.0493. The SMILES string of the molecule is CC[C@H](C/C=C(\C(=O)OC)c1cn(-c2ccccn2)cn1)CN(C(=O)OC(C)(C)C)C(=O)OC(C)(C)C. The zero-order valence-corrected chi connectivity index (χ0v) is 23.0. The smallest absolute Gasteiger partial charge is 0.419 e. The molecule has 0 saturated carbocycles. The summed E-state index contributed by atoms with van der Waals surface area (Å²) >= 11 is 0. The number of carbonyl (C=O) groups excluding carboxylic acids is 3. The predicted molar refractivity (Wildman–Crippen MR) is 139 cm³/mol. The molecule has 0 unspecified atom stereocenters.